The zero-order valence-corrected chi connectivity index (χ0v) is 16.5. The summed E-state index contributed by atoms with van der Waals surface area (Å²) >= 11 is 1.47. The first kappa shape index (κ1) is 19.0. The molecule has 0 aliphatic heterocycles. The molecule has 1 aromatic heterocycles. The summed E-state index contributed by atoms with van der Waals surface area (Å²) < 4.78 is 7.26. The van der Waals surface area contributed by atoms with Crippen molar-refractivity contribution in [3.8, 4) is 23.2 Å². The molecule has 1 atom stereocenters. The third-order valence-corrected chi connectivity index (χ3v) is 5.38. The number of rotatable bonds is 7. The fourth-order valence-corrected chi connectivity index (χ4v) is 3.81. The highest BCUT2D eigenvalue weighted by atomic mass is 32.2. The largest absolute Gasteiger partial charge is 0.497 e. The summed E-state index contributed by atoms with van der Waals surface area (Å²) in [5.74, 6) is 1.60. The van der Waals surface area contributed by atoms with E-state index in [1.807, 2.05) is 28.8 Å². The molecular weight excluding hydrogens is 356 g/mol. The van der Waals surface area contributed by atoms with Crippen LogP contribution < -0.4 is 4.74 Å². The maximum Gasteiger partial charge on any atom is 0.192 e. The lowest BCUT2D eigenvalue weighted by Crippen LogP contribution is -2.07. The Morgan fingerprint density at radius 3 is 2.41 bits per heavy atom. The van der Waals surface area contributed by atoms with Gasteiger partial charge in [0.2, 0.25) is 0 Å². The second kappa shape index (κ2) is 8.74. The Kier molecular flexibility index (Phi) is 6.15. The fraction of sp³-hybridized carbons (Fsp3) is 0.286. The molecule has 1 heterocycles. The number of methoxy groups -OCH3 is 1. The van der Waals surface area contributed by atoms with Crippen molar-refractivity contribution in [2.75, 3.05) is 7.11 Å². The van der Waals surface area contributed by atoms with Crippen LogP contribution in [0.2, 0.25) is 0 Å². The Morgan fingerprint density at radius 2 is 1.81 bits per heavy atom. The van der Waals surface area contributed by atoms with Crippen LogP contribution in [0.4, 0.5) is 0 Å². The first-order valence-electron chi connectivity index (χ1n) is 8.84. The number of ether oxygens (including phenoxy) is 1. The van der Waals surface area contributed by atoms with Crippen LogP contribution in [0.3, 0.4) is 0 Å². The third-order valence-electron chi connectivity index (χ3n) is 4.31. The summed E-state index contributed by atoms with van der Waals surface area (Å²) in [4.78, 5) is 0. The van der Waals surface area contributed by atoms with Gasteiger partial charge in [-0.1, -0.05) is 41.6 Å². The Labute approximate surface area is 164 Å². The summed E-state index contributed by atoms with van der Waals surface area (Å²) in [6.07, 6.45) is 0.676. The Hall–Kier alpha value is -2.78. The summed E-state index contributed by atoms with van der Waals surface area (Å²) in [6.45, 7) is 4.85. The zero-order valence-electron chi connectivity index (χ0n) is 15.7. The quantitative estimate of drug-likeness (QED) is 0.566. The van der Waals surface area contributed by atoms with Gasteiger partial charge in [0.05, 0.1) is 13.2 Å². The van der Waals surface area contributed by atoms with Crippen LogP contribution in [0, 0.1) is 18.3 Å². The number of hydrogen-bond donors (Lipinski definition) is 0. The minimum atomic E-state index is -0.217. The summed E-state index contributed by atoms with van der Waals surface area (Å²) in [6, 6.07) is 18.5. The van der Waals surface area contributed by atoms with Crippen molar-refractivity contribution in [2.24, 2.45) is 0 Å². The lowest BCUT2D eigenvalue weighted by atomic mass is 10.1. The maximum atomic E-state index is 9.61. The number of aromatic nitrogens is 3. The third kappa shape index (κ3) is 4.50. The van der Waals surface area contributed by atoms with E-state index < -0.39 is 0 Å². The van der Waals surface area contributed by atoms with E-state index in [4.69, 9.17) is 4.74 Å². The first-order valence-corrected chi connectivity index (χ1v) is 9.72. The van der Waals surface area contributed by atoms with Gasteiger partial charge in [0, 0.05) is 12.1 Å². The molecule has 0 saturated heterocycles. The van der Waals surface area contributed by atoms with Gasteiger partial charge in [-0.05, 0) is 50.1 Å². The van der Waals surface area contributed by atoms with Gasteiger partial charge in [0.1, 0.15) is 11.0 Å². The molecule has 27 heavy (non-hydrogen) atoms. The SMILES string of the molecule is CCn1c(S[C@H](C#N)Cc2ccc(C)cc2)nnc1-c1ccc(OC)cc1. The highest BCUT2D eigenvalue weighted by molar-refractivity contribution is 8.00. The van der Waals surface area contributed by atoms with Crippen molar-refractivity contribution in [2.45, 2.75) is 37.2 Å². The smallest absolute Gasteiger partial charge is 0.192 e. The van der Waals surface area contributed by atoms with Gasteiger partial charge in [0.25, 0.3) is 0 Å². The second-order valence-corrected chi connectivity index (χ2v) is 7.37. The standard InChI is InChI=1S/C21H22N4OS/c1-4-25-20(17-9-11-18(26-3)12-10-17)23-24-21(25)27-19(14-22)13-16-7-5-15(2)6-8-16/h5-12,19H,4,13H2,1-3H3/t19-/m0/s1. The summed E-state index contributed by atoms with van der Waals surface area (Å²) in [7, 11) is 1.65. The van der Waals surface area contributed by atoms with Crippen LogP contribution in [0.25, 0.3) is 11.4 Å². The monoisotopic (exact) mass is 378 g/mol. The molecule has 0 radical (unpaired) electrons. The predicted molar refractivity (Wildman–Crippen MR) is 108 cm³/mol. The van der Waals surface area contributed by atoms with Crippen molar-refractivity contribution in [3.63, 3.8) is 0 Å². The van der Waals surface area contributed by atoms with Crippen LogP contribution in [0.5, 0.6) is 5.75 Å². The first-order chi connectivity index (χ1) is 13.1. The van der Waals surface area contributed by atoms with Crippen LogP contribution in [-0.4, -0.2) is 27.1 Å². The van der Waals surface area contributed by atoms with Crippen LogP contribution >= 0.6 is 11.8 Å². The predicted octanol–water partition coefficient (Wildman–Crippen LogP) is 4.51. The molecule has 0 unspecified atom stereocenters. The normalized spacial score (nSPS) is 11.8. The average molecular weight is 379 g/mol. The number of benzene rings is 2. The van der Waals surface area contributed by atoms with E-state index >= 15 is 0 Å². The minimum Gasteiger partial charge on any atom is -0.497 e. The lowest BCUT2D eigenvalue weighted by Gasteiger charge is -2.11. The molecule has 0 spiro atoms. The molecule has 0 amide bonds. The molecule has 0 aliphatic rings. The molecule has 0 N–H and O–H groups in total. The van der Waals surface area contributed by atoms with E-state index in [1.54, 1.807) is 7.11 Å². The molecule has 0 aliphatic carbocycles. The fourth-order valence-electron chi connectivity index (χ4n) is 2.79. The van der Waals surface area contributed by atoms with Crippen LogP contribution in [-0.2, 0) is 13.0 Å². The Morgan fingerprint density at radius 1 is 1.11 bits per heavy atom. The highest BCUT2D eigenvalue weighted by Gasteiger charge is 2.18. The Balaban J connectivity index is 1.80. The number of nitrogens with zero attached hydrogens (tertiary/aromatic N) is 4. The van der Waals surface area contributed by atoms with E-state index in [0.717, 1.165) is 34.4 Å². The average Bonchev–Trinajstić information content (AvgIpc) is 3.11. The van der Waals surface area contributed by atoms with E-state index in [0.29, 0.717) is 6.42 Å². The van der Waals surface area contributed by atoms with Crippen molar-refractivity contribution in [1.29, 1.82) is 5.26 Å². The van der Waals surface area contributed by atoms with Crippen molar-refractivity contribution in [3.05, 3.63) is 59.7 Å². The molecule has 0 saturated carbocycles. The number of thioether (sulfide) groups is 1. The lowest BCUT2D eigenvalue weighted by molar-refractivity contribution is 0.415. The van der Waals surface area contributed by atoms with E-state index in [2.05, 4.69) is 54.4 Å². The second-order valence-electron chi connectivity index (χ2n) is 6.20. The number of nitriles is 1. The minimum absolute atomic E-state index is 0.217. The van der Waals surface area contributed by atoms with E-state index in [-0.39, 0.29) is 5.25 Å². The van der Waals surface area contributed by atoms with Gasteiger partial charge in [-0.3, -0.25) is 0 Å². The summed E-state index contributed by atoms with van der Waals surface area (Å²) in [5, 5.41) is 18.9. The van der Waals surface area contributed by atoms with Gasteiger partial charge in [0.15, 0.2) is 11.0 Å². The molecule has 3 aromatic rings. The van der Waals surface area contributed by atoms with Crippen molar-refractivity contribution >= 4 is 11.8 Å². The van der Waals surface area contributed by atoms with Gasteiger partial charge in [-0.2, -0.15) is 5.26 Å². The number of aryl methyl sites for hydroxylation is 1. The Bertz CT molecular complexity index is 926. The summed E-state index contributed by atoms with van der Waals surface area (Å²) in [5.41, 5.74) is 3.34. The van der Waals surface area contributed by atoms with Crippen LogP contribution in [0.1, 0.15) is 18.1 Å². The molecule has 2 aromatic carbocycles. The molecule has 0 fully saturated rings. The van der Waals surface area contributed by atoms with E-state index in [9.17, 15) is 5.26 Å². The van der Waals surface area contributed by atoms with Crippen molar-refractivity contribution < 1.29 is 4.74 Å². The van der Waals surface area contributed by atoms with E-state index in [1.165, 1.54) is 17.3 Å². The molecule has 3 rings (SSSR count). The topological polar surface area (TPSA) is 63.7 Å². The van der Waals surface area contributed by atoms with Gasteiger partial charge >= 0.3 is 0 Å². The van der Waals surface area contributed by atoms with Gasteiger partial charge in [-0.25, -0.2) is 0 Å². The van der Waals surface area contributed by atoms with Crippen molar-refractivity contribution in [1.82, 2.24) is 14.8 Å². The van der Waals surface area contributed by atoms with Gasteiger partial charge < -0.3 is 9.30 Å². The molecule has 6 heteroatoms. The molecule has 138 valence electrons. The van der Waals surface area contributed by atoms with Crippen LogP contribution in [0.15, 0.2) is 53.7 Å². The molecular formula is C21H22N4OS. The van der Waals surface area contributed by atoms with Gasteiger partial charge in [-0.15, -0.1) is 10.2 Å². The molecule has 0 bridgehead atoms. The molecule has 5 nitrogen and oxygen atoms in total. The number of hydrogen-bond acceptors (Lipinski definition) is 5. The zero-order chi connectivity index (χ0) is 19.2. The highest BCUT2D eigenvalue weighted by Crippen LogP contribution is 2.29. The maximum absolute atomic E-state index is 9.61.